The number of amides is 1. The van der Waals surface area contributed by atoms with Gasteiger partial charge in [0.1, 0.15) is 5.82 Å². The van der Waals surface area contributed by atoms with Crippen molar-refractivity contribution in [1.29, 1.82) is 0 Å². The molecule has 1 aromatic heterocycles. The van der Waals surface area contributed by atoms with Crippen LogP contribution in [0.1, 0.15) is 38.1 Å². The van der Waals surface area contributed by atoms with Crippen molar-refractivity contribution in [1.82, 2.24) is 20.1 Å². The Balaban J connectivity index is 1.88. The number of carbonyl (C=O) groups is 1. The number of methoxy groups -OCH3 is 1. The van der Waals surface area contributed by atoms with Gasteiger partial charge in [-0.2, -0.15) is 0 Å². The number of thioether (sulfide) groups is 1. The van der Waals surface area contributed by atoms with E-state index in [1.165, 1.54) is 11.8 Å². The molecular weight excluding hydrogens is 290 g/mol. The third-order valence-corrected chi connectivity index (χ3v) is 4.36. The predicted octanol–water partition coefficient (Wildman–Crippen LogP) is 0.705. The molecule has 7 nitrogen and oxygen atoms in total. The van der Waals surface area contributed by atoms with Crippen LogP contribution < -0.4 is 11.1 Å². The van der Waals surface area contributed by atoms with E-state index in [2.05, 4.69) is 20.1 Å². The molecule has 1 heterocycles. The standard InChI is InChI=1S/C13H23N5O2S/c1-9(12(19)15-6-3-7-20-2)21-13-17-16-11(8-14)18(13)10-4-5-10/h9-10H,3-8,14H2,1-2H3,(H,15,19). The van der Waals surface area contributed by atoms with Crippen LogP contribution in [-0.4, -0.2) is 46.2 Å². The third-order valence-electron chi connectivity index (χ3n) is 3.31. The molecule has 1 saturated carbocycles. The lowest BCUT2D eigenvalue weighted by Crippen LogP contribution is -2.32. The number of rotatable bonds is 9. The van der Waals surface area contributed by atoms with Gasteiger partial charge in [0, 0.05) is 26.3 Å². The van der Waals surface area contributed by atoms with Crippen molar-refractivity contribution in [3.63, 3.8) is 0 Å². The highest BCUT2D eigenvalue weighted by molar-refractivity contribution is 8.00. The summed E-state index contributed by atoms with van der Waals surface area (Å²) < 4.78 is 7.04. The zero-order valence-electron chi connectivity index (χ0n) is 12.5. The van der Waals surface area contributed by atoms with Crippen LogP contribution in [0.5, 0.6) is 0 Å². The molecule has 2 rings (SSSR count). The minimum absolute atomic E-state index is 0.00995. The van der Waals surface area contributed by atoms with Crippen LogP contribution in [0, 0.1) is 0 Å². The summed E-state index contributed by atoms with van der Waals surface area (Å²) >= 11 is 1.44. The van der Waals surface area contributed by atoms with Crippen molar-refractivity contribution >= 4 is 17.7 Å². The normalized spacial score (nSPS) is 16.0. The number of nitrogens with one attached hydrogen (secondary N) is 1. The summed E-state index contributed by atoms with van der Waals surface area (Å²) in [5.74, 6) is 0.809. The summed E-state index contributed by atoms with van der Waals surface area (Å²) in [6, 6.07) is 0.456. The summed E-state index contributed by atoms with van der Waals surface area (Å²) in [6.07, 6.45) is 3.08. The average Bonchev–Trinajstić information content (AvgIpc) is 3.24. The second kappa shape index (κ2) is 7.77. The van der Waals surface area contributed by atoms with Crippen molar-refractivity contribution in [2.45, 2.75) is 49.2 Å². The van der Waals surface area contributed by atoms with Gasteiger partial charge < -0.3 is 20.4 Å². The summed E-state index contributed by atoms with van der Waals surface area (Å²) in [5.41, 5.74) is 5.69. The van der Waals surface area contributed by atoms with Crippen LogP contribution >= 0.6 is 11.8 Å². The second-order valence-electron chi connectivity index (χ2n) is 5.10. The number of aromatic nitrogens is 3. The van der Waals surface area contributed by atoms with Crippen LogP contribution in [0.4, 0.5) is 0 Å². The molecule has 0 aliphatic heterocycles. The molecule has 0 spiro atoms. The summed E-state index contributed by atoms with van der Waals surface area (Å²) in [6.45, 7) is 3.53. The minimum Gasteiger partial charge on any atom is -0.385 e. The Morgan fingerprint density at radius 3 is 2.95 bits per heavy atom. The van der Waals surface area contributed by atoms with Crippen LogP contribution in [0.25, 0.3) is 0 Å². The Bertz CT molecular complexity index is 475. The summed E-state index contributed by atoms with van der Waals surface area (Å²) in [7, 11) is 1.65. The molecule has 1 atom stereocenters. The number of nitrogens with two attached hydrogens (primary N) is 1. The van der Waals surface area contributed by atoms with E-state index in [4.69, 9.17) is 10.5 Å². The second-order valence-corrected chi connectivity index (χ2v) is 6.41. The molecule has 1 amide bonds. The Kier molecular flexibility index (Phi) is 6.01. The maximum absolute atomic E-state index is 12.0. The topological polar surface area (TPSA) is 95.1 Å². The van der Waals surface area contributed by atoms with Gasteiger partial charge in [-0.1, -0.05) is 11.8 Å². The molecule has 118 valence electrons. The van der Waals surface area contributed by atoms with Gasteiger partial charge in [0.2, 0.25) is 5.91 Å². The monoisotopic (exact) mass is 313 g/mol. The van der Waals surface area contributed by atoms with E-state index in [1.54, 1.807) is 7.11 Å². The van der Waals surface area contributed by atoms with E-state index in [1.807, 2.05) is 6.92 Å². The zero-order valence-corrected chi connectivity index (χ0v) is 13.4. The van der Waals surface area contributed by atoms with Gasteiger partial charge in [0.25, 0.3) is 0 Å². The van der Waals surface area contributed by atoms with Crippen molar-refractivity contribution < 1.29 is 9.53 Å². The Hall–Kier alpha value is -1.12. The van der Waals surface area contributed by atoms with E-state index in [-0.39, 0.29) is 11.2 Å². The van der Waals surface area contributed by atoms with Crippen molar-refractivity contribution in [2.24, 2.45) is 5.73 Å². The van der Waals surface area contributed by atoms with Crippen molar-refractivity contribution in [3.05, 3.63) is 5.82 Å². The molecule has 1 fully saturated rings. The van der Waals surface area contributed by atoms with Crippen LogP contribution in [-0.2, 0) is 16.1 Å². The van der Waals surface area contributed by atoms with Gasteiger partial charge in [-0.05, 0) is 26.2 Å². The largest absolute Gasteiger partial charge is 0.385 e. The fraction of sp³-hybridized carbons (Fsp3) is 0.769. The lowest BCUT2D eigenvalue weighted by Gasteiger charge is -2.13. The molecule has 1 aliphatic rings. The quantitative estimate of drug-likeness (QED) is 0.515. The molecule has 0 saturated heterocycles. The fourth-order valence-electron chi connectivity index (χ4n) is 2.01. The van der Waals surface area contributed by atoms with E-state index in [9.17, 15) is 4.79 Å². The van der Waals surface area contributed by atoms with E-state index < -0.39 is 0 Å². The molecule has 1 unspecified atom stereocenters. The number of carbonyl (C=O) groups excluding carboxylic acids is 1. The van der Waals surface area contributed by atoms with E-state index in [0.717, 1.165) is 30.2 Å². The summed E-state index contributed by atoms with van der Waals surface area (Å²) in [5, 5.41) is 11.8. The first-order chi connectivity index (χ1) is 10.2. The first-order valence-corrected chi connectivity index (χ1v) is 8.12. The van der Waals surface area contributed by atoms with Gasteiger partial charge in [0.05, 0.1) is 11.8 Å². The minimum atomic E-state index is -0.208. The number of hydrogen-bond acceptors (Lipinski definition) is 6. The molecule has 0 aromatic carbocycles. The fourth-order valence-corrected chi connectivity index (χ4v) is 2.97. The van der Waals surface area contributed by atoms with Crippen molar-refractivity contribution in [3.8, 4) is 0 Å². The van der Waals surface area contributed by atoms with E-state index in [0.29, 0.717) is 25.7 Å². The van der Waals surface area contributed by atoms with Gasteiger partial charge in [-0.3, -0.25) is 4.79 Å². The van der Waals surface area contributed by atoms with Crippen LogP contribution in [0.3, 0.4) is 0 Å². The molecular formula is C13H23N5O2S. The summed E-state index contributed by atoms with van der Waals surface area (Å²) in [4.78, 5) is 12.0. The van der Waals surface area contributed by atoms with Crippen LogP contribution in [0.15, 0.2) is 5.16 Å². The Morgan fingerprint density at radius 2 is 2.33 bits per heavy atom. The SMILES string of the molecule is COCCCNC(=O)C(C)Sc1nnc(CN)n1C1CC1. The lowest BCUT2D eigenvalue weighted by molar-refractivity contribution is -0.120. The molecule has 3 N–H and O–H groups in total. The van der Waals surface area contributed by atoms with Gasteiger partial charge in [0.15, 0.2) is 5.16 Å². The molecule has 1 aliphatic carbocycles. The van der Waals surface area contributed by atoms with Gasteiger partial charge >= 0.3 is 0 Å². The highest BCUT2D eigenvalue weighted by Gasteiger charge is 2.30. The third kappa shape index (κ3) is 4.42. The molecule has 1 aromatic rings. The average molecular weight is 313 g/mol. The van der Waals surface area contributed by atoms with Gasteiger partial charge in [-0.15, -0.1) is 10.2 Å². The van der Waals surface area contributed by atoms with Crippen molar-refractivity contribution in [2.75, 3.05) is 20.3 Å². The molecule has 0 radical (unpaired) electrons. The number of ether oxygens (including phenoxy) is 1. The molecule has 8 heteroatoms. The maximum atomic E-state index is 12.0. The highest BCUT2D eigenvalue weighted by atomic mass is 32.2. The smallest absolute Gasteiger partial charge is 0.233 e. The lowest BCUT2D eigenvalue weighted by atomic mass is 10.4. The molecule has 0 bridgehead atoms. The van der Waals surface area contributed by atoms with E-state index >= 15 is 0 Å². The first-order valence-electron chi connectivity index (χ1n) is 7.24. The predicted molar refractivity (Wildman–Crippen MR) is 81.0 cm³/mol. The number of hydrogen-bond donors (Lipinski definition) is 2. The highest BCUT2D eigenvalue weighted by Crippen LogP contribution is 2.39. The first kappa shape index (κ1) is 16.3. The number of nitrogens with zero attached hydrogens (tertiary/aromatic N) is 3. The Labute approximate surface area is 129 Å². The Morgan fingerprint density at radius 1 is 1.57 bits per heavy atom. The van der Waals surface area contributed by atoms with Crippen LogP contribution in [0.2, 0.25) is 0 Å². The molecule has 21 heavy (non-hydrogen) atoms. The maximum Gasteiger partial charge on any atom is 0.233 e. The van der Waals surface area contributed by atoms with Gasteiger partial charge in [-0.25, -0.2) is 0 Å². The zero-order chi connectivity index (χ0) is 15.2.